The maximum absolute atomic E-state index is 14.2. The molecule has 75 heavy (non-hydrogen) atoms. The Balaban J connectivity index is 7.98. The molecule has 4 nitrogen and oxygen atoms in total. The third-order valence-corrected chi connectivity index (χ3v) is 9.72. The molecule has 2 N–H and O–H groups in total. The Labute approximate surface area is 375 Å². The summed E-state index contributed by atoms with van der Waals surface area (Å²) in [6, 6.07) is 0. The van der Waals surface area contributed by atoms with E-state index in [1.807, 2.05) is 0 Å². The van der Waals surface area contributed by atoms with Crippen LogP contribution in [-0.2, 0) is 9.09 Å². The van der Waals surface area contributed by atoms with Gasteiger partial charge in [0.2, 0.25) is 0 Å². The molecular formula is C25H8F45O4P. The van der Waals surface area contributed by atoms with Gasteiger partial charge in [-0.2, -0.15) is 198 Å². The fraction of sp³-hybridized carbons (Fsp3) is 1.00. The van der Waals surface area contributed by atoms with Crippen molar-refractivity contribution in [3.05, 3.63) is 0 Å². The average Bonchev–Trinajstić information content (AvgIpc) is 3.16. The molecule has 0 amide bonds. The summed E-state index contributed by atoms with van der Waals surface area (Å²) in [6.07, 6.45) is -14.4. The maximum Gasteiger partial charge on any atom is 0.469 e. The Morgan fingerprint density at radius 1 is 0.240 bits per heavy atom. The number of hydrogen-bond donors (Lipinski definition) is 2. The second kappa shape index (κ2) is 18.0. The molecule has 0 aromatic rings. The second-order valence-electron chi connectivity index (χ2n) is 14.1. The molecule has 0 aromatic carbocycles. The van der Waals surface area contributed by atoms with Crippen LogP contribution in [0.4, 0.5) is 198 Å². The minimum Gasteiger partial charge on any atom is -0.303 e. The van der Waals surface area contributed by atoms with Gasteiger partial charge in [-0.05, 0) is 6.42 Å². The van der Waals surface area contributed by atoms with Gasteiger partial charge < -0.3 is 9.79 Å². The Kier molecular flexibility index (Phi) is 17.3. The number of alkyl halides is 45. The first-order valence-electron chi connectivity index (χ1n) is 16.2. The molecule has 0 unspecified atom stereocenters. The molecule has 0 rings (SSSR count). The van der Waals surface area contributed by atoms with E-state index < -0.39 is 158 Å². The highest BCUT2D eigenvalue weighted by atomic mass is 31.2. The first-order chi connectivity index (χ1) is 31.5. The molecule has 0 aliphatic rings. The molecule has 0 aromatic heterocycles. The minimum absolute atomic E-state index is 2.16. The molecule has 0 bridgehead atoms. The van der Waals surface area contributed by atoms with Gasteiger partial charge in [-0.15, -0.1) is 0 Å². The quantitative estimate of drug-likeness (QED) is 0.0543. The van der Waals surface area contributed by atoms with E-state index in [4.69, 9.17) is 9.79 Å². The summed E-state index contributed by atoms with van der Waals surface area (Å²) >= 11 is 0. The van der Waals surface area contributed by atoms with Crippen LogP contribution in [0.3, 0.4) is 0 Å². The number of phosphoric acid groups is 1. The molecule has 0 aliphatic heterocycles. The molecule has 0 atom stereocenters. The summed E-state index contributed by atoms with van der Waals surface area (Å²) in [6.45, 7) is -2.16. The van der Waals surface area contributed by atoms with E-state index in [9.17, 15) is 202 Å². The third kappa shape index (κ3) is 8.88. The van der Waals surface area contributed by atoms with Crippen LogP contribution >= 0.6 is 7.82 Å². The number of phosphoric ester groups is 1. The van der Waals surface area contributed by atoms with Gasteiger partial charge in [0.15, 0.2) is 0 Å². The zero-order chi connectivity index (χ0) is 62.3. The van der Waals surface area contributed by atoms with Gasteiger partial charge >= 0.3 is 138 Å². The van der Waals surface area contributed by atoms with Gasteiger partial charge in [-0.25, -0.2) is 4.57 Å². The van der Waals surface area contributed by atoms with Crippen molar-refractivity contribution in [2.24, 2.45) is 0 Å². The number of rotatable bonds is 25. The van der Waals surface area contributed by atoms with Crippen molar-refractivity contribution in [3.8, 4) is 0 Å². The Hall–Kier alpha value is -3.04. The number of hydrogen-bond acceptors (Lipinski definition) is 2. The van der Waals surface area contributed by atoms with Crippen LogP contribution in [0.15, 0.2) is 0 Å². The van der Waals surface area contributed by atoms with Crippen molar-refractivity contribution < 1.29 is 216 Å². The Morgan fingerprint density at radius 3 is 0.507 bits per heavy atom. The van der Waals surface area contributed by atoms with E-state index in [0.29, 0.717) is 0 Å². The summed E-state index contributed by atoms with van der Waals surface area (Å²) in [5.74, 6) is -213. The normalized spacial score (nSPS) is 17.3. The summed E-state index contributed by atoms with van der Waals surface area (Å²) in [4.78, 5) is 16.4. The molecule has 0 fully saturated rings. The van der Waals surface area contributed by atoms with Crippen molar-refractivity contribution in [2.45, 2.75) is 143 Å². The van der Waals surface area contributed by atoms with Gasteiger partial charge in [-0.3, -0.25) is 4.52 Å². The summed E-state index contributed by atoms with van der Waals surface area (Å²) in [5, 5.41) is 0. The first-order valence-corrected chi connectivity index (χ1v) is 17.7. The van der Waals surface area contributed by atoms with Crippen LogP contribution < -0.4 is 0 Å². The van der Waals surface area contributed by atoms with Gasteiger partial charge in [0.1, 0.15) is 0 Å². The standard InChI is InChI=1S/C25H8F45O4P/c26-4(27,2-1-3-74-75(71,72)73)5(28,29)6(30,31)7(32,33)8(34,35)9(36,37)10(38,39)11(40,41)12(42,43)13(44,45)14(46,47)15(48,49)16(50,51)17(52,53)18(54,55)19(56,57)20(58,59)21(60,61)22(62,63)23(64,65)24(66,67)25(68,69)70/h1-3H2,(H2,71,72,73). The molecule has 0 heterocycles. The lowest BCUT2D eigenvalue weighted by atomic mass is 9.81. The highest BCUT2D eigenvalue weighted by Crippen LogP contribution is 2.72. The molecule has 0 spiro atoms. The van der Waals surface area contributed by atoms with Crippen LogP contribution in [-0.4, -0.2) is 147 Å². The third-order valence-electron chi connectivity index (χ3n) is 9.20. The van der Waals surface area contributed by atoms with Gasteiger partial charge in [-0.1, -0.05) is 0 Å². The molecule has 0 saturated carbocycles. The molecule has 0 radical (unpaired) electrons. The Bertz CT molecular complexity index is 2090. The molecule has 452 valence electrons. The monoisotopic (exact) mass is 1260 g/mol. The van der Waals surface area contributed by atoms with Crippen molar-refractivity contribution in [2.75, 3.05) is 6.61 Å². The van der Waals surface area contributed by atoms with E-state index in [1.165, 1.54) is 0 Å². The summed E-state index contributed by atoms with van der Waals surface area (Å²) in [5.41, 5.74) is 0. The lowest BCUT2D eigenvalue weighted by Gasteiger charge is -2.47. The summed E-state index contributed by atoms with van der Waals surface area (Å²) < 4.78 is 634. The average molecular weight is 1260 g/mol. The Morgan fingerprint density at radius 2 is 0.373 bits per heavy atom. The lowest BCUT2D eigenvalue weighted by Crippen LogP contribution is -2.81. The highest BCUT2D eigenvalue weighted by Gasteiger charge is 3.04. The van der Waals surface area contributed by atoms with Crippen LogP contribution in [0, 0.1) is 0 Å². The largest absolute Gasteiger partial charge is 0.469 e. The second-order valence-corrected chi connectivity index (χ2v) is 15.4. The van der Waals surface area contributed by atoms with Gasteiger partial charge in [0.05, 0.1) is 6.61 Å². The minimum atomic E-state index is -10.8. The summed E-state index contributed by atoms with van der Waals surface area (Å²) in [7, 11) is -5.94. The molecular weight excluding hydrogens is 1250 g/mol. The van der Waals surface area contributed by atoms with E-state index in [1.54, 1.807) is 0 Å². The topological polar surface area (TPSA) is 66.8 Å². The maximum atomic E-state index is 14.2. The molecule has 0 aliphatic carbocycles. The van der Waals surface area contributed by atoms with E-state index in [2.05, 4.69) is 4.52 Å². The smallest absolute Gasteiger partial charge is 0.303 e. The zero-order valence-electron chi connectivity index (χ0n) is 32.3. The van der Waals surface area contributed by atoms with E-state index in [0.717, 1.165) is 0 Å². The molecule has 0 saturated heterocycles. The fourth-order valence-electron chi connectivity index (χ4n) is 4.59. The highest BCUT2D eigenvalue weighted by molar-refractivity contribution is 7.46. The SMILES string of the molecule is O=P(O)(O)OCCCC(F)(F)C(F)(F)C(F)(F)C(F)(F)C(F)(F)C(F)(F)C(F)(F)C(F)(F)C(F)(F)C(F)(F)C(F)(F)C(F)(F)C(F)(F)C(F)(F)C(F)(F)C(F)(F)C(F)(F)C(F)(F)C(F)(F)C(F)(F)C(F)(F)C(F)(F)F. The zero-order valence-corrected chi connectivity index (χ0v) is 33.2. The van der Waals surface area contributed by atoms with Crippen LogP contribution in [0.5, 0.6) is 0 Å². The number of halogens is 45. The van der Waals surface area contributed by atoms with Crippen LogP contribution in [0.1, 0.15) is 12.8 Å². The van der Waals surface area contributed by atoms with E-state index in [-0.39, 0.29) is 0 Å². The first kappa shape index (κ1) is 72.0. The predicted octanol–water partition coefficient (Wildman–Crippen LogP) is 14.8. The lowest BCUT2D eigenvalue weighted by molar-refractivity contribution is -0.497. The van der Waals surface area contributed by atoms with Gasteiger partial charge in [0.25, 0.3) is 0 Å². The van der Waals surface area contributed by atoms with Gasteiger partial charge in [0, 0.05) is 6.42 Å². The van der Waals surface area contributed by atoms with Crippen LogP contribution in [0.25, 0.3) is 0 Å². The fourth-order valence-corrected chi connectivity index (χ4v) is 4.96. The van der Waals surface area contributed by atoms with Crippen molar-refractivity contribution in [1.82, 2.24) is 0 Å². The van der Waals surface area contributed by atoms with Crippen molar-refractivity contribution >= 4 is 7.82 Å². The predicted molar refractivity (Wildman–Crippen MR) is 137 cm³/mol. The van der Waals surface area contributed by atoms with E-state index >= 15 is 0 Å². The van der Waals surface area contributed by atoms with Crippen molar-refractivity contribution in [1.29, 1.82) is 0 Å². The molecule has 50 heteroatoms. The van der Waals surface area contributed by atoms with Crippen molar-refractivity contribution in [3.63, 3.8) is 0 Å². The van der Waals surface area contributed by atoms with Crippen LogP contribution in [0.2, 0.25) is 0 Å².